The van der Waals surface area contributed by atoms with E-state index in [1.54, 1.807) is 4.90 Å². The fourth-order valence-electron chi connectivity index (χ4n) is 5.86. The fourth-order valence-corrected chi connectivity index (χ4v) is 5.86. The average molecular weight is 488 g/mol. The molecule has 0 bridgehead atoms. The molecule has 7 nitrogen and oxygen atoms in total. The Morgan fingerprint density at radius 2 is 1.81 bits per heavy atom. The third-order valence-electron chi connectivity index (χ3n) is 7.62. The lowest BCUT2D eigenvalue weighted by atomic mass is 9.87. The zero-order valence-electron chi connectivity index (χ0n) is 21.9. The van der Waals surface area contributed by atoms with Crippen molar-refractivity contribution in [2.75, 3.05) is 39.3 Å². The number of nitrogens with one attached hydrogen (secondary N) is 2. The van der Waals surface area contributed by atoms with Crippen molar-refractivity contribution in [3.05, 3.63) is 52.8 Å². The Bertz CT molecular complexity index is 1270. The minimum absolute atomic E-state index is 0.0627. The van der Waals surface area contributed by atoms with Crippen LogP contribution in [0.2, 0.25) is 0 Å². The lowest BCUT2D eigenvalue weighted by Gasteiger charge is -2.34. The minimum Gasteiger partial charge on any atom is -0.354 e. The third kappa shape index (κ3) is 5.03. The largest absolute Gasteiger partial charge is 0.354 e. The summed E-state index contributed by atoms with van der Waals surface area (Å²) < 4.78 is 0. The van der Waals surface area contributed by atoms with E-state index in [-0.39, 0.29) is 18.4 Å². The van der Waals surface area contributed by atoms with E-state index in [0.717, 1.165) is 37.3 Å². The quantitative estimate of drug-likeness (QED) is 0.568. The first-order valence-corrected chi connectivity index (χ1v) is 13.2. The zero-order chi connectivity index (χ0) is 25.4. The zero-order valence-corrected chi connectivity index (χ0v) is 21.9. The van der Waals surface area contributed by atoms with Gasteiger partial charge in [0.15, 0.2) is 0 Å². The number of aromatic amines is 1. The molecule has 0 aliphatic carbocycles. The summed E-state index contributed by atoms with van der Waals surface area (Å²) in [6, 6.07) is 11.2. The van der Waals surface area contributed by atoms with Crippen LogP contribution in [0.25, 0.3) is 22.2 Å². The van der Waals surface area contributed by atoms with Crippen molar-refractivity contribution in [2.24, 2.45) is 0 Å². The van der Waals surface area contributed by atoms with Crippen LogP contribution in [0.4, 0.5) is 0 Å². The number of amides is 2. The van der Waals surface area contributed by atoms with Gasteiger partial charge >= 0.3 is 0 Å². The summed E-state index contributed by atoms with van der Waals surface area (Å²) in [4.78, 5) is 36.5. The second-order valence-electron chi connectivity index (χ2n) is 10.7. The first-order valence-electron chi connectivity index (χ1n) is 13.2. The number of carbonyl (C=O) groups excluding carboxylic acids is 2. The highest BCUT2D eigenvalue weighted by atomic mass is 16.2. The molecule has 0 unspecified atom stereocenters. The molecule has 190 valence electrons. The van der Waals surface area contributed by atoms with Crippen molar-refractivity contribution in [2.45, 2.75) is 52.4 Å². The molecule has 2 aliphatic heterocycles. The number of H-pyrrole nitrogens is 1. The molecule has 2 amide bonds. The normalized spacial score (nSPS) is 17.7. The van der Waals surface area contributed by atoms with Crippen LogP contribution in [0, 0.1) is 13.8 Å². The van der Waals surface area contributed by atoms with E-state index in [4.69, 9.17) is 0 Å². The molecule has 2 aliphatic rings. The highest BCUT2D eigenvalue weighted by Crippen LogP contribution is 2.38. The van der Waals surface area contributed by atoms with Crippen LogP contribution in [0.5, 0.6) is 0 Å². The molecule has 5 rings (SSSR count). The van der Waals surface area contributed by atoms with Gasteiger partial charge in [-0.2, -0.15) is 0 Å². The van der Waals surface area contributed by atoms with E-state index < -0.39 is 0 Å². The smallest absolute Gasteiger partial charge is 0.239 e. The number of aryl methyl sites for hydroxylation is 2. The molecule has 1 aromatic carbocycles. The highest BCUT2D eigenvalue weighted by Gasteiger charge is 2.27. The first-order chi connectivity index (χ1) is 17.3. The Labute approximate surface area is 213 Å². The summed E-state index contributed by atoms with van der Waals surface area (Å²) in [5, 5.41) is 4.09. The van der Waals surface area contributed by atoms with Gasteiger partial charge in [-0.15, -0.1) is 0 Å². The maximum absolute atomic E-state index is 12.7. The number of carbonyl (C=O) groups is 2. The highest BCUT2D eigenvalue weighted by molar-refractivity contribution is 5.92. The molecule has 3 aromatic rings. The monoisotopic (exact) mass is 487 g/mol. The van der Waals surface area contributed by atoms with Crippen LogP contribution in [0.1, 0.15) is 61.0 Å². The van der Waals surface area contributed by atoms with E-state index in [1.807, 2.05) is 0 Å². The van der Waals surface area contributed by atoms with Crippen LogP contribution in [-0.4, -0.2) is 70.9 Å². The second-order valence-corrected chi connectivity index (χ2v) is 10.7. The van der Waals surface area contributed by atoms with Gasteiger partial charge < -0.3 is 15.2 Å². The van der Waals surface area contributed by atoms with E-state index in [9.17, 15) is 9.59 Å². The number of pyridine rings is 1. The van der Waals surface area contributed by atoms with Gasteiger partial charge in [-0.25, -0.2) is 0 Å². The van der Waals surface area contributed by atoms with Gasteiger partial charge in [0.2, 0.25) is 11.8 Å². The Morgan fingerprint density at radius 3 is 2.47 bits per heavy atom. The topological polar surface area (TPSA) is 81.3 Å². The number of rotatable bonds is 5. The molecule has 0 spiro atoms. The summed E-state index contributed by atoms with van der Waals surface area (Å²) in [6.07, 6.45) is 2.08. The second kappa shape index (κ2) is 10.1. The van der Waals surface area contributed by atoms with E-state index in [1.165, 1.54) is 33.3 Å². The first kappa shape index (κ1) is 24.5. The van der Waals surface area contributed by atoms with Gasteiger partial charge in [-0.3, -0.25) is 19.5 Å². The van der Waals surface area contributed by atoms with Crippen LogP contribution in [-0.2, 0) is 9.59 Å². The summed E-state index contributed by atoms with van der Waals surface area (Å²) in [5.74, 6) is 0.882. The van der Waals surface area contributed by atoms with Crippen LogP contribution < -0.4 is 5.32 Å². The SMILES string of the molecule is Cc1cc(-c2[nH]c3ccc(C4CCN(CC(=O)N5CCNC(=O)C5)CC4)cc3c2C(C)C)cc(C)n1. The van der Waals surface area contributed by atoms with Gasteiger partial charge in [0, 0.05) is 40.9 Å². The molecule has 0 radical (unpaired) electrons. The Morgan fingerprint density at radius 1 is 1.08 bits per heavy atom. The van der Waals surface area contributed by atoms with Gasteiger partial charge in [0.25, 0.3) is 0 Å². The molecular formula is C29H37N5O2. The van der Waals surface area contributed by atoms with E-state index >= 15 is 0 Å². The van der Waals surface area contributed by atoms with Crippen LogP contribution in [0.3, 0.4) is 0 Å². The Balaban J connectivity index is 1.32. The number of fused-ring (bicyclic) bond motifs is 1. The van der Waals surface area contributed by atoms with Crippen molar-refractivity contribution in [1.82, 2.24) is 25.1 Å². The predicted octanol–water partition coefficient (Wildman–Crippen LogP) is 4.11. The molecule has 2 fully saturated rings. The van der Waals surface area contributed by atoms with Crippen molar-refractivity contribution < 1.29 is 9.59 Å². The molecular weight excluding hydrogens is 450 g/mol. The molecule has 7 heteroatoms. The number of piperazine rings is 1. The summed E-state index contributed by atoms with van der Waals surface area (Å²) in [6.45, 7) is 12.2. The van der Waals surface area contributed by atoms with Crippen molar-refractivity contribution in [1.29, 1.82) is 0 Å². The minimum atomic E-state index is -0.0634. The number of benzene rings is 1. The molecule has 2 saturated heterocycles. The number of piperidine rings is 1. The Hall–Kier alpha value is -3.19. The third-order valence-corrected chi connectivity index (χ3v) is 7.62. The molecule has 4 heterocycles. The number of hydrogen-bond acceptors (Lipinski definition) is 4. The number of aromatic nitrogens is 2. The number of likely N-dealkylation sites (tertiary alicyclic amines) is 1. The fraction of sp³-hybridized carbons (Fsp3) is 0.483. The predicted molar refractivity (Wildman–Crippen MR) is 143 cm³/mol. The van der Waals surface area contributed by atoms with Gasteiger partial charge in [0.05, 0.1) is 18.8 Å². The lowest BCUT2D eigenvalue weighted by molar-refractivity contribution is -0.139. The van der Waals surface area contributed by atoms with Crippen molar-refractivity contribution in [3.8, 4) is 11.3 Å². The number of nitrogens with zero attached hydrogens (tertiary/aromatic N) is 3. The average Bonchev–Trinajstić information content (AvgIpc) is 3.23. The van der Waals surface area contributed by atoms with Gasteiger partial charge in [-0.05, 0) is 87.0 Å². The molecule has 36 heavy (non-hydrogen) atoms. The molecule has 0 atom stereocenters. The summed E-state index contributed by atoms with van der Waals surface area (Å²) in [7, 11) is 0. The molecule has 2 N–H and O–H groups in total. The van der Waals surface area contributed by atoms with Gasteiger partial charge in [0.1, 0.15) is 0 Å². The van der Waals surface area contributed by atoms with E-state index in [2.05, 4.69) is 78.2 Å². The van der Waals surface area contributed by atoms with E-state index in [0.29, 0.717) is 31.5 Å². The van der Waals surface area contributed by atoms with Gasteiger partial charge in [-0.1, -0.05) is 19.9 Å². The number of hydrogen-bond donors (Lipinski definition) is 2. The van der Waals surface area contributed by atoms with Crippen LogP contribution >= 0.6 is 0 Å². The molecule has 2 aromatic heterocycles. The van der Waals surface area contributed by atoms with Crippen molar-refractivity contribution in [3.63, 3.8) is 0 Å². The molecule has 0 saturated carbocycles. The summed E-state index contributed by atoms with van der Waals surface area (Å²) >= 11 is 0. The maximum atomic E-state index is 12.7. The summed E-state index contributed by atoms with van der Waals surface area (Å²) in [5.41, 5.74) is 8.40. The van der Waals surface area contributed by atoms with Crippen molar-refractivity contribution >= 4 is 22.7 Å². The van der Waals surface area contributed by atoms with Crippen LogP contribution in [0.15, 0.2) is 30.3 Å². The standard InChI is InChI=1S/C29H37N5O2/c1-18(2)28-24-15-22(5-6-25(24)32-29(28)23-13-19(3)31-20(4)14-23)21-7-10-33(11-8-21)17-27(36)34-12-9-30-26(35)16-34/h5-6,13-15,18,21,32H,7-12,16-17H2,1-4H3,(H,30,35). The lowest BCUT2D eigenvalue weighted by Crippen LogP contribution is -2.52. The Kier molecular flexibility index (Phi) is 6.84. The maximum Gasteiger partial charge on any atom is 0.239 e.